The second kappa shape index (κ2) is 5.46. The molecule has 0 radical (unpaired) electrons. The van der Waals surface area contributed by atoms with Gasteiger partial charge in [-0.2, -0.15) is 5.10 Å². The lowest BCUT2D eigenvalue weighted by molar-refractivity contribution is -0.133. The van der Waals surface area contributed by atoms with Crippen molar-refractivity contribution in [1.29, 1.82) is 0 Å². The van der Waals surface area contributed by atoms with Crippen LogP contribution in [0.3, 0.4) is 0 Å². The molecule has 0 bridgehead atoms. The zero-order chi connectivity index (χ0) is 15.8. The number of carbonyl (C=O) groups excluding carboxylic acids is 1. The summed E-state index contributed by atoms with van der Waals surface area (Å²) in [6.45, 7) is 2.07. The van der Waals surface area contributed by atoms with Gasteiger partial charge in [-0.05, 0) is 30.3 Å². The maximum absolute atomic E-state index is 12.2. The molecule has 1 aromatic heterocycles. The van der Waals surface area contributed by atoms with Crippen LogP contribution < -0.4 is 9.47 Å². The number of ether oxygens (including phenoxy) is 2. The number of furan rings is 1. The summed E-state index contributed by atoms with van der Waals surface area (Å²) in [4.78, 5) is 12.2. The van der Waals surface area contributed by atoms with Crippen LogP contribution in [0.5, 0.6) is 11.5 Å². The molecule has 118 valence electrons. The maximum atomic E-state index is 12.2. The molecular weight excluding hydrogens is 296 g/mol. The predicted molar refractivity (Wildman–Crippen MR) is 82.3 cm³/mol. The molecule has 0 spiro atoms. The normalized spacial score (nSPS) is 19.1. The van der Waals surface area contributed by atoms with E-state index in [4.69, 9.17) is 13.9 Å². The predicted octanol–water partition coefficient (Wildman–Crippen LogP) is 3.10. The van der Waals surface area contributed by atoms with Crippen molar-refractivity contribution >= 4 is 11.6 Å². The molecule has 1 amide bonds. The van der Waals surface area contributed by atoms with E-state index in [0.29, 0.717) is 18.6 Å². The standard InChI is InChI=1S/C17H16N2O4/c1-2-17(20)19-13(14-4-3-7-21-14)9-12(18-19)11-5-6-15-16(8-11)23-10-22-15/h3-8,13H,2,9-10H2,1H3/t13-/m0/s1. The summed E-state index contributed by atoms with van der Waals surface area (Å²) in [6, 6.07) is 9.21. The molecule has 23 heavy (non-hydrogen) atoms. The summed E-state index contributed by atoms with van der Waals surface area (Å²) in [5, 5.41) is 6.06. The van der Waals surface area contributed by atoms with E-state index >= 15 is 0 Å². The number of hydrogen-bond acceptors (Lipinski definition) is 5. The minimum absolute atomic E-state index is 0.0258. The average Bonchev–Trinajstić information content (AvgIpc) is 3.31. The summed E-state index contributed by atoms with van der Waals surface area (Å²) in [7, 11) is 0. The molecule has 6 nitrogen and oxygen atoms in total. The van der Waals surface area contributed by atoms with Crippen LogP contribution in [0.2, 0.25) is 0 Å². The lowest BCUT2D eigenvalue weighted by Gasteiger charge is -2.18. The largest absolute Gasteiger partial charge is 0.467 e. The van der Waals surface area contributed by atoms with Gasteiger partial charge >= 0.3 is 0 Å². The summed E-state index contributed by atoms with van der Waals surface area (Å²) in [6.07, 6.45) is 2.62. The van der Waals surface area contributed by atoms with Gasteiger partial charge in [0.2, 0.25) is 12.7 Å². The van der Waals surface area contributed by atoms with Crippen molar-refractivity contribution in [2.75, 3.05) is 6.79 Å². The molecule has 1 atom stereocenters. The van der Waals surface area contributed by atoms with Crippen molar-refractivity contribution < 1.29 is 18.7 Å². The third-order valence-electron chi connectivity index (χ3n) is 4.05. The minimum Gasteiger partial charge on any atom is -0.467 e. The Hall–Kier alpha value is -2.76. The Bertz CT molecular complexity index is 767. The van der Waals surface area contributed by atoms with Crippen molar-refractivity contribution in [2.24, 2.45) is 5.10 Å². The molecule has 2 aromatic rings. The highest BCUT2D eigenvalue weighted by molar-refractivity contribution is 6.03. The number of amides is 1. The van der Waals surface area contributed by atoms with E-state index < -0.39 is 0 Å². The molecule has 4 rings (SSSR count). The zero-order valence-corrected chi connectivity index (χ0v) is 12.7. The van der Waals surface area contributed by atoms with Gasteiger partial charge in [0.1, 0.15) is 11.8 Å². The molecule has 2 aliphatic heterocycles. The lowest BCUT2D eigenvalue weighted by Crippen LogP contribution is -2.25. The Morgan fingerprint density at radius 2 is 2.17 bits per heavy atom. The Balaban J connectivity index is 1.68. The Kier molecular flexibility index (Phi) is 3.29. The number of hydrogen-bond donors (Lipinski definition) is 0. The van der Waals surface area contributed by atoms with Gasteiger partial charge < -0.3 is 13.9 Å². The highest BCUT2D eigenvalue weighted by Gasteiger charge is 2.34. The molecule has 0 aliphatic carbocycles. The fourth-order valence-electron chi connectivity index (χ4n) is 2.86. The highest BCUT2D eigenvalue weighted by Crippen LogP contribution is 2.37. The van der Waals surface area contributed by atoms with Crippen molar-refractivity contribution in [3.8, 4) is 11.5 Å². The van der Waals surface area contributed by atoms with Gasteiger partial charge in [0.25, 0.3) is 0 Å². The van der Waals surface area contributed by atoms with Gasteiger partial charge in [0, 0.05) is 18.4 Å². The summed E-state index contributed by atoms with van der Waals surface area (Å²) in [5.41, 5.74) is 1.77. The second-order valence-corrected chi connectivity index (χ2v) is 5.44. The highest BCUT2D eigenvalue weighted by atomic mass is 16.7. The maximum Gasteiger partial charge on any atom is 0.243 e. The zero-order valence-electron chi connectivity index (χ0n) is 12.7. The van der Waals surface area contributed by atoms with Gasteiger partial charge in [0.05, 0.1) is 12.0 Å². The van der Waals surface area contributed by atoms with Crippen LogP contribution in [-0.4, -0.2) is 23.4 Å². The molecule has 3 heterocycles. The third kappa shape index (κ3) is 2.36. The number of carbonyl (C=O) groups is 1. The van der Waals surface area contributed by atoms with E-state index in [-0.39, 0.29) is 18.7 Å². The van der Waals surface area contributed by atoms with E-state index in [1.165, 1.54) is 5.01 Å². The SMILES string of the molecule is CCC(=O)N1N=C(c2ccc3c(c2)OCO3)C[C@H]1c1ccco1. The van der Waals surface area contributed by atoms with Crippen LogP contribution in [0, 0.1) is 0 Å². The monoisotopic (exact) mass is 312 g/mol. The molecule has 0 N–H and O–H groups in total. The fourth-order valence-corrected chi connectivity index (χ4v) is 2.86. The van der Waals surface area contributed by atoms with Crippen LogP contribution in [0.1, 0.15) is 37.1 Å². The molecule has 6 heteroatoms. The van der Waals surface area contributed by atoms with Crippen molar-refractivity contribution in [1.82, 2.24) is 5.01 Å². The number of nitrogens with zero attached hydrogens (tertiary/aromatic N) is 2. The first-order valence-corrected chi connectivity index (χ1v) is 7.59. The third-order valence-corrected chi connectivity index (χ3v) is 4.05. The van der Waals surface area contributed by atoms with Crippen LogP contribution in [0.25, 0.3) is 0 Å². The van der Waals surface area contributed by atoms with E-state index in [0.717, 1.165) is 22.8 Å². The summed E-state index contributed by atoms with van der Waals surface area (Å²) >= 11 is 0. The Labute approximate surface area is 133 Å². The molecule has 0 unspecified atom stereocenters. The summed E-state index contributed by atoms with van der Waals surface area (Å²) in [5.74, 6) is 2.16. The first-order chi connectivity index (χ1) is 11.3. The molecular formula is C17H16N2O4. The van der Waals surface area contributed by atoms with Crippen molar-refractivity contribution in [2.45, 2.75) is 25.8 Å². The molecule has 0 fully saturated rings. The first kappa shape index (κ1) is 13.9. The lowest BCUT2D eigenvalue weighted by atomic mass is 10.0. The van der Waals surface area contributed by atoms with Crippen LogP contribution >= 0.6 is 0 Å². The van der Waals surface area contributed by atoms with Crippen LogP contribution in [0.4, 0.5) is 0 Å². The van der Waals surface area contributed by atoms with Crippen molar-refractivity contribution in [3.05, 3.63) is 47.9 Å². The van der Waals surface area contributed by atoms with E-state index in [1.54, 1.807) is 6.26 Å². The van der Waals surface area contributed by atoms with Crippen LogP contribution in [-0.2, 0) is 4.79 Å². The second-order valence-electron chi connectivity index (χ2n) is 5.44. The molecule has 1 aromatic carbocycles. The quantitative estimate of drug-likeness (QED) is 0.873. The number of hydrazone groups is 1. The average molecular weight is 312 g/mol. The van der Waals surface area contributed by atoms with Gasteiger partial charge in [-0.25, -0.2) is 5.01 Å². The molecule has 0 saturated heterocycles. The fraction of sp³-hybridized carbons (Fsp3) is 0.294. The number of benzene rings is 1. The van der Waals surface area contributed by atoms with Gasteiger partial charge in [-0.3, -0.25) is 4.79 Å². The number of fused-ring (bicyclic) bond motifs is 1. The Morgan fingerprint density at radius 1 is 1.30 bits per heavy atom. The molecule has 2 aliphatic rings. The van der Waals surface area contributed by atoms with Gasteiger partial charge in [0.15, 0.2) is 11.5 Å². The summed E-state index contributed by atoms with van der Waals surface area (Å²) < 4.78 is 16.2. The van der Waals surface area contributed by atoms with Crippen LogP contribution in [0.15, 0.2) is 46.1 Å². The first-order valence-electron chi connectivity index (χ1n) is 7.59. The number of rotatable bonds is 3. The smallest absolute Gasteiger partial charge is 0.243 e. The topological polar surface area (TPSA) is 64.3 Å². The van der Waals surface area contributed by atoms with E-state index in [9.17, 15) is 4.79 Å². The van der Waals surface area contributed by atoms with E-state index in [2.05, 4.69) is 5.10 Å². The van der Waals surface area contributed by atoms with Crippen molar-refractivity contribution in [3.63, 3.8) is 0 Å². The van der Waals surface area contributed by atoms with Gasteiger partial charge in [-0.15, -0.1) is 0 Å². The van der Waals surface area contributed by atoms with Gasteiger partial charge in [-0.1, -0.05) is 6.92 Å². The molecule has 0 saturated carbocycles. The minimum atomic E-state index is -0.196. The van der Waals surface area contributed by atoms with E-state index in [1.807, 2.05) is 37.3 Å². The Morgan fingerprint density at radius 3 is 2.96 bits per heavy atom.